The first-order valence-corrected chi connectivity index (χ1v) is 11.3. The van der Waals surface area contributed by atoms with Crippen molar-refractivity contribution in [2.24, 2.45) is 0 Å². The van der Waals surface area contributed by atoms with E-state index < -0.39 is 31.6 Å². The molecule has 4 rings (SSSR count). The second-order valence-electron chi connectivity index (χ2n) is 6.30. The number of thiol groups is 1. The second kappa shape index (κ2) is 7.42. The minimum absolute atomic E-state index is 0.0247. The number of aryl methyl sites for hydroxylation is 1. The van der Waals surface area contributed by atoms with Crippen LogP contribution in [0.2, 0.25) is 5.02 Å². The Labute approximate surface area is 177 Å². The smallest absolute Gasteiger partial charge is 0.236 e. The Hall–Kier alpha value is -2.89. The first-order valence-electron chi connectivity index (χ1n) is 8.34. The van der Waals surface area contributed by atoms with E-state index in [9.17, 15) is 21.2 Å². The van der Waals surface area contributed by atoms with Crippen molar-refractivity contribution < 1.29 is 21.2 Å². The highest BCUT2D eigenvalue weighted by Gasteiger charge is 2.24. The fourth-order valence-corrected chi connectivity index (χ4v) is 4.75. The zero-order valence-electron chi connectivity index (χ0n) is 15.2. The zero-order valence-corrected chi connectivity index (χ0v) is 17.6. The van der Waals surface area contributed by atoms with E-state index in [-0.39, 0.29) is 32.3 Å². The average Bonchev–Trinajstić information content (AvgIpc) is 3.08. The Kier molecular flexibility index (Phi) is 5.04. The first kappa shape index (κ1) is 20.4. The van der Waals surface area contributed by atoms with E-state index in [1.807, 2.05) is 6.92 Å². The van der Waals surface area contributed by atoms with Gasteiger partial charge in [-0.3, -0.25) is 0 Å². The maximum atomic E-state index is 13.7. The Balaban J connectivity index is 2.01. The van der Waals surface area contributed by atoms with Crippen LogP contribution in [-0.4, -0.2) is 35.8 Å². The highest BCUT2D eigenvalue weighted by atomic mass is 35.5. The maximum Gasteiger partial charge on any atom is 0.269 e. The third-order valence-corrected chi connectivity index (χ3v) is 6.83. The average molecular weight is 467 g/mol. The lowest BCUT2D eigenvalue weighted by Gasteiger charge is -2.07. The number of fused-ring (bicyclic) bond motifs is 1. The number of benzene rings is 1. The predicted molar refractivity (Wildman–Crippen MR) is 108 cm³/mol. The molecule has 0 aliphatic carbocycles. The van der Waals surface area contributed by atoms with E-state index >= 15 is 0 Å². The SMILES string of the molecule is Cc1ccc(S(=O)(=O)n2cc(-c3ncc(F)c([SH](=O)=O)n3)c3cc(Cl)cnc32)cc1. The van der Waals surface area contributed by atoms with Gasteiger partial charge in [0, 0.05) is 23.3 Å². The monoisotopic (exact) mass is 466 g/mol. The quantitative estimate of drug-likeness (QED) is 0.363. The molecule has 8 nitrogen and oxygen atoms in total. The van der Waals surface area contributed by atoms with Crippen LogP contribution in [0.1, 0.15) is 5.56 Å². The summed E-state index contributed by atoms with van der Waals surface area (Å²) in [5, 5.41) is -0.324. The van der Waals surface area contributed by atoms with E-state index in [2.05, 4.69) is 15.0 Å². The molecule has 0 unspecified atom stereocenters. The Morgan fingerprint density at radius 1 is 1.10 bits per heavy atom. The molecule has 0 bridgehead atoms. The largest absolute Gasteiger partial charge is 0.269 e. The molecule has 0 amide bonds. The third kappa shape index (κ3) is 3.44. The van der Waals surface area contributed by atoms with Crippen molar-refractivity contribution in [3.8, 4) is 11.4 Å². The number of nitrogens with zero attached hydrogens (tertiary/aromatic N) is 4. The van der Waals surface area contributed by atoms with Crippen molar-refractivity contribution in [3.05, 3.63) is 65.3 Å². The van der Waals surface area contributed by atoms with Crippen molar-refractivity contribution in [2.45, 2.75) is 16.8 Å². The van der Waals surface area contributed by atoms with Crippen molar-refractivity contribution in [3.63, 3.8) is 0 Å². The highest BCUT2D eigenvalue weighted by molar-refractivity contribution is 7.90. The number of hydrogen-bond acceptors (Lipinski definition) is 7. The highest BCUT2D eigenvalue weighted by Crippen LogP contribution is 2.32. The third-order valence-electron chi connectivity index (χ3n) is 4.30. The summed E-state index contributed by atoms with van der Waals surface area (Å²) in [6, 6.07) is 7.68. The first-order chi connectivity index (χ1) is 14.2. The van der Waals surface area contributed by atoms with Gasteiger partial charge in [0.05, 0.1) is 16.1 Å². The van der Waals surface area contributed by atoms with Gasteiger partial charge in [-0.15, -0.1) is 0 Å². The molecule has 3 heterocycles. The summed E-state index contributed by atoms with van der Waals surface area (Å²) >= 11 is 6.02. The summed E-state index contributed by atoms with van der Waals surface area (Å²) in [5.74, 6) is -1.29. The summed E-state index contributed by atoms with van der Waals surface area (Å²) < 4.78 is 63.6. The van der Waals surface area contributed by atoms with Crippen molar-refractivity contribution in [1.82, 2.24) is 18.9 Å². The molecule has 12 heteroatoms. The predicted octanol–water partition coefficient (Wildman–Crippen LogP) is 2.80. The Morgan fingerprint density at radius 3 is 2.47 bits per heavy atom. The molecule has 0 saturated heterocycles. The number of hydrogen-bond donors (Lipinski definition) is 1. The van der Waals surface area contributed by atoms with Gasteiger partial charge in [-0.2, -0.15) is 0 Å². The van der Waals surface area contributed by atoms with Crippen molar-refractivity contribution in [1.29, 1.82) is 0 Å². The fraction of sp³-hybridized carbons (Fsp3) is 0.0556. The number of rotatable bonds is 4. The zero-order chi connectivity index (χ0) is 21.6. The molecule has 1 aromatic carbocycles. The van der Waals surface area contributed by atoms with Gasteiger partial charge >= 0.3 is 0 Å². The Bertz CT molecular complexity index is 1470. The number of pyridine rings is 1. The summed E-state index contributed by atoms with van der Waals surface area (Å²) in [4.78, 5) is 11.7. The molecule has 4 aromatic rings. The lowest BCUT2D eigenvalue weighted by Crippen LogP contribution is -2.12. The van der Waals surface area contributed by atoms with E-state index in [0.29, 0.717) is 6.20 Å². The van der Waals surface area contributed by atoms with Crippen LogP contribution in [0.4, 0.5) is 4.39 Å². The lowest BCUT2D eigenvalue weighted by molar-refractivity contribution is 0.558. The van der Waals surface area contributed by atoms with Crippen LogP contribution < -0.4 is 0 Å². The lowest BCUT2D eigenvalue weighted by atomic mass is 10.2. The van der Waals surface area contributed by atoms with E-state index in [0.717, 1.165) is 9.54 Å². The molecule has 0 atom stereocenters. The molecule has 3 aromatic heterocycles. The standard InChI is InChI=1S/C18H12ClFN4O4S2/c1-10-2-4-12(5-3-10)30(27,28)24-9-14(13-6-11(19)7-22-17(13)24)16-21-8-15(20)18(23-16)29(25)26/h2-9,29H,1H3. The van der Waals surface area contributed by atoms with Crippen molar-refractivity contribution in [2.75, 3.05) is 0 Å². The van der Waals surface area contributed by atoms with Gasteiger partial charge in [0.2, 0.25) is 0 Å². The van der Waals surface area contributed by atoms with Crippen LogP contribution in [0.5, 0.6) is 0 Å². The van der Waals surface area contributed by atoms with E-state index in [1.54, 1.807) is 12.1 Å². The molecule has 0 saturated carbocycles. The van der Waals surface area contributed by atoms with E-state index in [4.69, 9.17) is 11.6 Å². The molecule has 154 valence electrons. The molecule has 0 aliphatic rings. The minimum atomic E-state index is -4.05. The van der Waals surface area contributed by atoms with Crippen LogP contribution in [0.15, 0.2) is 58.8 Å². The number of aromatic nitrogens is 4. The molecule has 0 fully saturated rings. The van der Waals surface area contributed by atoms with Gasteiger partial charge in [0.1, 0.15) is 0 Å². The summed E-state index contributed by atoms with van der Waals surface area (Å²) in [6.45, 7) is 1.83. The topological polar surface area (TPSA) is 112 Å². The van der Waals surface area contributed by atoms with Gasteiger partial charge < -0.3 is 0 Å². The van der Waals surface area contributed by atoms with Gasteiger partial charge in [0.15, 0.2) is 33.0 Å². The Morgan fingerprint density at radius 2 is 1.80 bits per heavy atom. The summed E-state index contributed by atoms with van der Waals surface area (Å²) in [5.41, 5.74) is 1.06. The molecular weight excluding hydrogens is 455 g/mol. The fourth-order valence-electron chi connectivity index (χ4n) is 2.85. The molecule has 30 heavy (non-hydrogen) atoms. The van der Waals surface area contributed by atoms with Crippen LogP contribution in [0.25, 0.3) is 22.4 Å². The van der Waals surface area contributed by atoms with Gasteiger partial charge in [-0.05, 0) is 25.1 Å². The van der Waals surface area contributed by atoms with Crippen LogP contribution in [-0.2, 0) is 20.7 Å². The number of halogens is 2. The van der Waals surface area contributed by atoms with Crippen LogP contribution in [0.3, 0.4) is 0 Å². The second-order valence-corrected chi connectivity index (χ2v) is 9.49. The van der Waals surface area contributed by atoms with Crippen LogP contribution in [0, 0.1) is 12.7 Å². The molecule has 0 aliphatic heterocycles. The van der Waals surface area contributed by atoms with E-state index in [1.165, 1.54) is 30.6 Å². The summed E-state index contributed by atoms with van der Waals surface area (Å²) in [7, 11) is -7.38. The van der Waals surface area contributed by atoms with Crippen LogP contribution >= 0.6 is 11.6 Å². The summed E-state index contributed by atoms with van der Waals surface area (Å²) in [6.07, 6.45) is 3.19. The molecule has 0 radical (unpaired) electrons. The van der Waals surface area contributed by atoms with Gasteiger partial charge in [0.25, 0.3) is 10.0 Å². The molecule has 0 N–H and O–H groups in total. The minimum Gasteiger partial charge on any atom is -0.236 e. The molecule has 0 spiro atoms. The van der Waals surface area contributed by atoms with Crippen molar-refractivity contribution >= 4 is 43.4 Å². The maximum absolute atomic E-state index is 13.7. The van der Waals surface area contributed by atoms with Gasteiger partial charge in [-0.25, -0.2) is 40.2 Å². The normalized spacial score (nSPS) is 12.0. The molecular formula is C18H12ClFN4O4S2. The van der Waals surface area contributed by atoms with Gasteiger partial charge in [-0.1, -0.05) is 29.3 Å².